The van der Waals surface area contributed by atoms with Gasteiger partial charge < -0.3 is 19.4 Å². The lowest BCUT2D eigenvalue weighted by atomic mass is 10.1. The highest BCUT2D eigenvalue weighted by atomic mass is 32.1. The third-order valence-corrected chi connectivity index (χ3v) is 7.13. The van der Waals surface area contributed by atoms with Crippen molar-refractivity contribution in [2.24, 2.45) is 5.73 Å². The smallest absolute Gasteiger partial charge is 0.158 e. The van der Waals surface area contributed by atoms with Gasteiger partial charge in [-0.05, 0) is 32.9 Å². The lowest BCUT2D eigenvalue weighted by Gasteiger charge is -2.15. The van der Waals surface area contributed by atoms with Crippen LogP contribution in [0.3, 0.4) is 0 Å². The average molecular weight is 531 g/mol. The number of aryl methyl sites for hydroxylation is 3. The summed E-state index contributed by atoms with van der Waals surface area (Å²) in [5.74, 6) is 2.08. The monoisotopic (exact) mass is 530 g/mol. The number of aromatic nitrogens is 4. The number of methoxy groups -OCH3 is 1. The summed E-state index contributed by atoms with van der Waals surface area (Å²) in [7, 11) is 1.65. The van der Waals surface area contributed by atoms with E-state index >= 15 is 0 Å². The summed E-state index contributed by atoms with van der Waals surface area (Å²) in [6, 6.07) is 15.9. The van der Waals surface area contributed by atoms with Crippen molar-refractivity contribution in [3.63, 3.8) is 0 Å². The molecule has 3 N–H and O–H groups in total. The Kier molecular flexibility index (Phi) is 8.60. The Bertz CT molecular complexity index is 1530. The van der Waals surface area contributed by atoms with Crippen LogP contribution in [0.2, 0.25) is 0 Å². The number of nitrogens with two attached hydrogens (primary N) is 1. The van der Waals surface area contributed by atoms with E-state index in [0.29, 0.717) is 18.0 Å². The number of nitrogens with zero attached hydrogens (tertiary/aromatic N) is 4. The molecule has 0 aliphatic heterocycles. The molecule has 38 heavy (non-hydrogen) atoms. The number of nitrogens with one attached hydrogen (secondary N) is 1. The number of hydrogen-bond donors (Lipinski definition) is 2. The summed E-state index contributed by atoms with van der Waals surface area (Å²) >= 11 is 1.64. The SMILES string of the molecule is CC.COc1cc(OCN)ccc1-n1c(C)c2c(C)nnc(NCc3csc(-c4ccccc4)n3)c2c1C. The van der Waals surface area contributed by atoms with Crippen LogP contribution in [0, 0.1) is 20.8 Å². The maximum Gasteiger partial charge on any atom is 0.158 e. The van der Waals surface area contributed by atoms with E-state index in [0.717, 1.165) is 55.6 Å². The van der Waals surface area contributed by atoms with Gasteiger partial charge in [-0.2, -0.15) is 5.10 Å². The molecule has 5 aromatic rings. The van der Waals surface area contributed by atoms with E-state index in [1.54, 1.807) is 18.4 Å². The number of benzene rings is 2. The standard InChI is InChI=1S/C27H28N6O2S.C2H6/c1-16-24-17(2)33(22-11-10-21(35-15-28)12-23(22)34-4)18(3)25(24)26(32-31-16)29-13-20-14-36-27(30-20)19-8-6-5-7-9-19;1-2/h5-12,14H,13,15,28H2,1-4H3,(H,29,32);1-2H3. The Hall–Kier alpha value is -3.95. The Morgan fingerprint density at radius 3 is 2.42 bits per heavy atom. The largest absolute Gasteiger partial charge is 0.494 e. The number of ether oxygens (including phenoxy) is 2. The minimum absolute atomic E-state index is 0.103. The molecule has 0 unspecified atom stereocenters. The summed E-state index contributed by atoms with van der Waals surface area (Å²) < 4.78 is 13.3. The van der Waals surface area contributed by atoms with Crippen molar-refractivity contribution < 1.29 is 9.47 Å². The molecular formula is C29H34N6O2S. The quantitative estimate of drug-likeness (QED) is 0.224. The first-order chi connectivity index (χ1) is 18.5. The molecule has 0 amide bonds. The minimum Gasteiger partial charge on any atom is -0.494 e. The van der Waals surface area contributed by atoms with Gasteiger partial charge in [0.15, 0.2) is 5.82 Å². The van der Waals surface area contributed by atoms with E-state index in [1.165, 1.54) is 0 Å². The third kappa shape index (κ3) is 5.20. The molecule has 5 rings (SSSR count). The first-order valence-corrected chi connectivity index (χ1v) is 13.5. The number of anilines is 1. The van der Waals surface area contributed by atoms with Crippen LogP contribution in [0.4, 0.5) is 5.82 Å². The van der Waals surface area contributed by atoms with E-state index in [1.807, 2.05) is 57.2 Å². The van der Waals surface area contributed by atoms with Crippen molar-refractivity contribution >= 4 is 27.9 Å². The molecule has 0 saturated carbocycles. The zero-order valence-corrected chi connectivity index (χ0v) is 23.5. The van der Waals surface area contributed by atoms with Crippen LogP contribution in [-0.4, -0.2) is 33.6 Å². The molecule has 3 heterocycles. The zero-order chi connectivity index (χ0) is 27.2. The van der Waals surface area contributed by atoms with Crippen LogP contribution in [-0.2, 0) is 6.54 Å². The second-order valence-corrected chi connectivity index (χ2v) is 9.26. The van der Waals surface area contributed by atoms with E-state index < -0.39 is 0 Å². The van der Waals surface area contributed by atoms with Gasteiger partial charge in [-0.15, -0.1) is 16.4 Å². The van der Waals surface area contributed by atoms with Crippen LogP contribution in [0.15, 0.2) is 53.9 Å². The number of hydrogen-bond acceptors (Lipinski definition) is 8. The second-order valence-electron chi connectivity index (χ2n) is 8.40. The molecule has 0 aliphatic carbocycles. The minimum atomic E-state index is 0.103. The molecule has 9 heteroatoms. The van der Waals surface area contributed by atoms with Crippen LogP contribution in [0.1, 0.15) is 36.6 Å². The Balaban J connectivity index is 0.00000164. The van der Waals surface area contributed by atoms with E-state index in [9.17, 15) is 0 Å². The molecule has 0 bridgehead atoms. The number of thiazole rings is 1. The van der Waals surface area contributed by atoms with Crippen molar-refractivity contribution in [3.8, 4) is 27.8 Å². The molecule has 0 spiro atoms. The van der Waals surface area contributed by atoms with E-state index in [-0.39, 0.29) is 6.73 Å². The molecule has 198 valence electrons. The lowest BCUT2D eigenvalue weighted by molar-refractivity contribution is 0.326. The van der Waals surface area contributed by atoms with Crippen molar-refractivity contribution in [2.45, 2.75) is 41.2 Å². The predicted octanol–water partition coefficient (Wildman–Crippen LogP) is 6.41. The van der Waals surface area contributed by atoms with Crippen LogP contribution in [0.5, 0.6) is 11.5 Å². The highest BCUT2D eigenvalue weighted by Gasteiger charge is 2.21. The van der Waals surface area contributed by atoms with Crippen LogP contribution < -0.4 is 20.5 Å². The maximum atomic E-state index is 5.70. The average Bonchev–Trinajstić information content (AvgIpc) is 3.53. The fourth-order valence-corrected chi connectivity index (χ4v) is 5.41. The third-order valence-electron chi connectivity index (χ3n) is 6.19. The maximum absolute atomic E-state index is 5.70. The van der Waals surface area contributed by atoms with Gasteiger partial charge in [0.1, 0.15) is 23.2 Å². The molecule has 0 atom stereocenters. The predicted molar refractivity (Wildman–Crippen MR) is 156 cm³/mol. The van der Waals surface area contributed by atoms with Gasteiger partial charge in [0, 0.05) is 39.2 Å². The molecule has 0 aliphatic rings. The van der Waals surface area contributed by atoms with Crippen molar-refractivity contribution in [1.82, 2.24) is 19.7 Å². The van der Waals surface area contributed by atoms with Crippen LogP contribution >= 0.6 is 11.3 Å². The van der Waals surface area contributed by atoms with Gasteiger partial charge in [-0.3, -0.25) is 5.73 Å². The summed E-state index contributed by atoms with van der Waals surface area (Å²) in [4.78, 5) is 4.80. The van der Waals surface area contributed by atoms with Gasteiger partial charge in [0.05, 0.1) is 30.7 Å². The van der Waals surface area contributed by atoms with E-state index in [4.69, 9.17) is 20.2 Å². The molecule has 0 fully saturated rings. The van der Waals surface area contributed by atoms with E-state index in [2.05, 4.69) is 51.4 Å². The summed E-state index contributed by atoms with van der Waals surface area (Å²) in [6.07, 6.45) is 0. The van der Waals surface area contributed by atoms with Crippen molar-refractivity contribution in [2.75, 3.05) is 19.2 Å². The van der Waals surface area contributed by atoms with Gasteiger partial charge in [0.2, 0.25) is 0 Å². The Labute approximate surface area is 227 Å². The number of rotatable bonds is 8. The molecule has 3 aromatic heterocycles. The lowest BCUT2D eigenvalue weighted by Crippen LogP contribution is -2.08. The normalized spacial score (nSPS) is 10.7. The fourth-order valence-electron chi connectivity index (χ4n) is 4.58. The first kappa shape index (κ1) is 27.1. The van der Waals surface area contributed by atoms with Crippen LogP contribution in [0.25, 0.3) is 27.0 Å². The summed E-state index contributed by atoms with van der Waals surface area (Å²) in [5.41, 5.74) is 11.5. The van der Waals surface area contributed by atoms with Gasteiger partial charge in [-0.25, -0.2) is 4.98 Å². The first-order valence-electron chi connectivity index (χ1n) is 12.6. The topological polar surface area (TPSA) is 100 Å². The second kappa shape index (κ2) is 12.1. The molecule has 2 aromatic carbocycles. The molecular weight excluding hydrogens is 496 g/mol. The van der Waals surface area contributed by atoms with Gasteiger partial charge in [-0.1, -0.05) is 44.2 Å². The number of fused-ring (bicyclic) bond motifs is 1. The Morgan fingerprint density at radius 1 is 0.974 bits per heavy atom. The van der Waals surface area contributed by atoms with Gasteiger partial charge >= 0.3 is 0 Å². The Morgan fingerprint density at radius 2 is 1.71 bits per heavy atom. The summed E-state index contributed by atoms with van der Waals surface area (Å²) in [6.45, 7) is 10.8. The van der Waals surface area contributed by atoms with Crippen molar-refractivity contribution in [3.05, 3.63) is 76.7 Å². The molecule has 8 nitrogen and oxygen atoms in total. The van der Waals surface area contributed by atoms with Crippen molar-refractivity contribution in [1.29, 1.82) is 0 Å². The zero-order valence-electron chi connectivity index (χ0n) is 22.7. The summed E-state index contributed by atoms with van der Waals surface area (Å²) in [5, 5.41) is 17.6. The highest BCUT2D eigenvalue weighted by Crippen LogP contribution is 2.37. The van der Waals surface area contributed by atoms with Gasteiger partial charge in [0.25, 0.3) is 0 Å². The molecule has 0 saturated heterocycles. The fraction of sp³-hybridized carbons (Fsp3) is 0.276. The highest BCUT2D eigenvalue weighted by molar-refractivity contribution is 7.13. The molecule has 0 radical (unpaired) electrons.